The first-order valence-corrected chi connectivity index (χ1v) is 9.63. The highest BCUT2D eigenvalue weighted by Crippen LogP contribution is 2.33. The quantitative estimate of drug-likeness (QED) is 0.733. The molecule has 0 N–H and O–H groups in total. The molecule has 0 saturated carbocycles. The summed E-state index contributed by atoms with van der Waals surface area (Å²) in [7, 11) is -3.70. The van der Waals surface area contributed by atoms with Crippen molar-refractivity contribution in [1.29, 1.82) is 0 Å². The molecule has 0 radical (unpaired) electrons. The van der Waals surface area contributed by atoms with Crippen molar-refractivity contribution >= 4 is 37.4 Å². The lowest BCUT2D eigenvalue weighted by atomic mass is 10.1. The van der Waals surface area contributed by atoms with Crippen molar-refractivity contribution in [1.82, 2.24) is 0 Å². The number of nitrogens with zero attached hydrogens (tertiary/aromatic N) is 1. The molecule has 0 aliphatic carbocycles. The third-order valence-electron chi connectivity index (χ3n) is 3.92. The fraction of sp³-hybridized carbons (Fsp3) is 0.235. The minimum absolute atomic E-state index is 0.0813. The normalized spacial score (nSPS) is 18.4. The van der Waals surface area contributed by atoms with Crippen LogP contribution in [0.2, 0.25) is 0 Å². The highest BCUT2D eigenvalue weighted by atomic mass is 79.9. The Morgan fingerprint density at radius 2 is 1.74 bits per heavy atom. The average Bonchev–Trinajstić information content (AvgIpc) is 2.66. The summed E-state index contributed by atoms with van der Waals surface area (Å²) in [4.78, 5) is 12.3. The zero-order valence-electron chi connectivity index (χ0n) is 12.6. The molecule has 3 rings (SSSR count). The number of carbonyl (C=O) groups excluding carboxylic acids is 1. The maximum Gasteiger partial charge on any atom is 0.264 e. The van der Waals surface area contributed by atoms with Crippen molar-refractivity contribution in [2.45, 2.75) is 23.1 Å². The fourth-order valence-corrected chi connectivity index (χ4v) is 4.59. The highest BCUT2D eigenvalue weighted by Gasteiger charge is 2.33. The van der Waals surface area contributed by atoms with Gasteiger partial charge in [0, 0.05) is 12.1 Å². The summed E-state index contributed by atoms with van der Waals surface area (Å²) in [5.41, 5.74) is 1.87. The van der Waals surface area contributed by atoms with Crippen LogP contribution in [-0.4, -0.2) is 25.6 Å². The maximum atomic E-state index is 13.0. The van der Waals surface area contributed by atoms with Gasteiger partial charge in [0.05, 0.1) is 15.4 Å². The van der Waals surface area contributed by atoms with Gasteiger partial charge in [-0.1, -0.05) is 45.8 Å². The van der Waals surface area contributed by atoms with E-state index in [1.54, 1.807) is 48.5 Å². The molecule has 0 spiro atoms. The smallest absolute Gasteiger partial charge is 0.264 e. The molecule has 1 aliphatic heterocycles. The van der Waals surface area contributed by atoms with Gasteiger partial charge in [0.2, 0.25) is 0 Å². The number of para-hydroxylation sites is 1. The summed E-state index contributed by atoms with van der Waals surface area (Å²) in [5.74, 6) is -0.0813. The summed E-state index contributed by atoms with van der Waals surface area (Å²) in [6, 6.07) is 13.6. The molecule has 4 nitrogen and oxygen atoms in total. The van der Waals surface area contributed by atoms with Crippen molar-refractivity contribution < 1.29 is 13.2 Å². The van der Waals surface area contributed by atoms with Crippen LogP contribution in [0.15, 0.2) is 53.4 Å². The number of aryl methyl sites for hydroxylation is 1. The molecule has 2 aromatic carbocycles. The van der Waals surface area contributed by atoms with E-state index in [2.05, 4.69) is 15.9 Å². The van der Waals surface area contributed by atoms with Gasteiger partial charge in [0.25, 0.3) is 10.0 Å². The molecule has 1 heterocycles. The van der Waals surface area contributed by atoms with E-state index in [0.29, 0.717) is 17.7 Å². The molecule has 1 atom stereocenters. The van der Waals surface area contributed by atoms with Crippen LogP contribution in [-0.2, 0) is 10.0 Å². The van der Waals surface area contributed by atoms with Gasteiger partial charge < -0.3 is 0 Å². The molecule has 0 amide bonds. The lowest BCUT2D eigenvalue weighted by Crippen LogP contribution is -2.32. The van der Waals surface area contributed by atoms with Crippen LogP contribution in [0.4, 0.5) is 5.69 Å². The van der Waals surface area contributed by atoms with Gasteiger partial charge in [-0.3, -0.25) is 9.10 Å². The Labute approximate surface area is 144 Å². The second-order valence-electron chi connectivity index (χ2n) is 5.53. The maximum absolute atomic E-state index is 13.0. The van der Waals surface area contributed by atoms with Crippen LogP contribution in [0, 0.1) is 6.92 Å². The third-order valence-corrected chi connectivity index (χ3v) is 6.62. The van der Waals surface area contributed by atoms with E-state index in [-0.39, 0.29) is 22.1 Å². The predicted octanol–water partition coefficient (Wildman–Crippen LogP) is 3.54. The van der Waals surface area contributed by atoms with E-state index >= 15 is 0 Å². The minimum atomic E-state index is -3.70. The van der Waals surface area contributed by atoms with Gasteiger partial charge in [0.1, 0.15) is 0 Å². The molecule has 0 bridgehead atoms. The Hall–Kier alpha value is -1.66. The number of hydrogen-bond acceptors (Lipinski definition) is 3. The SMILES string of the molecule is Cc1ccc(S(=O)(=O)N2CCC(Br)C(=O)c3ccccc32)cc1. The van der Waals surface area contributed by atoms with Crippen molar-refractivity contribution in [2.75, 3.05) is 10.8 Å². The van der Waals surface area contributed by atoms with Crippen molar-refractivity contribution in [3.63, 3.8) is 0 Å². The number of fused-ring (bicyclic) bond motifs is 1. The first kappa shape index (κ1) is 16.2. The second-order valence-corrected chi connectivity index (χ2v) is 8.50. The molecular formula is C17H16BrNO3S. The molecule has 2 aromatic rings. The number of benzene rings is 2. The summed E-state index contributed by atoms with van der Waals surface area (Å²) in [5, 5.41) is 0. The molecular weight excluding hydrogens is 378 g/mol. The second kappa shape index (κ2) is 6.09. The highest BCUT2D eigenvalue weighted by molar-refractivity contribution is 9.10. The Balaban J connectivity index is 2.13. The zero-order chi connectivity index (χ0) is 16.6. The van der Waals surface area contributed by atoms with Crippen molar-refractivity contribution in [2.24, 2.45) is 0 Å². The standard InChI is InChI=1S/C17H16BrNO3S/c1-12-6-8-13(9-7-12)23(21,22)19-11-10-15(18)17(20)14-4-2-3-5-16(14)19/h2-9,15H,10-11H2,1H3. The monoisotopic (exact) mass is 393 g/mol. The van der Waals surface area contributed by atoms with Gasteiger partial charge in [-0.15, -0.1) is 0 Å². The van der Waals surface area contributed by atoms with Crippen LogP contribution in [0.25, 0.3) is 0 Å². The van der Waals surface area contributed by atoms with Crippen LogP contribution in [0.5, 0.6) is 0 Å². The molecule has 23 heavy (non-hydrogen) atoms. The first-order valence-electron chi connectivity index (χ1n) is 7.28. The number of alkyl halides is 1. The summed E-state index contributed by atoms with van der Waals surface area (Å²) < 4.78 is 27.4. The van der Waals surface area contributed by atoms with E-state index in [4.69, 9.17) is 0 Å². The van der Waals surface area contributed by atoms with E-state index < -0.39 is 10.0 Å². The number of ketones is 1. The van der Waals surface area contributed by atoms with Crippen LogP contribution >= 0.6 is 15.9 Å². The van der Waals surface area contributed by atoms with E-state index in [0.717, 1.165) is 5.56 Å². The molecule has 1 unspecified atom stereocenters. The van der Waals surface area contributed by atoms with Gasteiger partial charge in [-0.2, -0.15) is 0 Å². The van der Waals surface area contributed by atoms with E-state index in [1.165, 1.54) is 4.31 Å². The van der Waals surface area contributed by atoms with Crippen LogP contribution in [0.3, 0.4) is 0 Å². The molecule has 0 aromatic heterocycles. The number of rotatable bonds is 2. The fourth-order valence-electron chi connectivity index (χ4n) is 2.64. The molecule has 1 aliphatic rings. The van der Waals surface area contributed by atoms with Crippen molar-refractivity contribution in [3.8, 4) is 0 Å². The van der Waals surface area contributed by atoms with Crippen molar-refractivity contribution in [3.05, 3.63) is 59.7 Å². The van der Waals surface area contributed by atoms with Gasteiger partial charge in [-0.25, -0.2) is 8.42 Å². The number of sulfonamides is 1. The van der Waals surface area contributed by atoms with Crippen LogP contribution in [0.1, 0.15) is 22.3 Å². The Bertz CT molecular complexity index is 846. The lowest BCUT2D eigenvalue weighted by molar-refractivity contribution is 0.0992. The number of hydrogen-bond donors (Lipinski definition) is 0. The summed E-state index contributed by atoms with van der Waals surface area (Å²) >= 11 is 3.36. The Morgan fingerprint density at radius 1 is 1.09 bits per heavy atom. The first-order chi connectivity index (χ1) is 10.9. The molecule has 0 fully saturated rings. The molecule has 0 saturated heterocycles. The van der Waals surface area contributed by atoms with E-state index in [9.17, 15) is 13.2 Å². The number of carbonyl (C=O) groups is 1. The summed E-state index contributed by atoms with van der Waals surface area (Å²) in [6.07, 6.45) is 0.429. The molecule has 6 heteroatoms. The largest absolute Gasteiger partial charge is 0.293 e. The lowest BCUT2D eigenvalue weighted by Gasteiger charge is -2.24. The summed E-state index contributed by atoms with van der Waals surface area (Å²) in [6.45, 7) is 2.17. The zero-order valence-corrected chi connectivity index (χ0v) is 15.0. The average molecular weight is 394 g/mol. The van der Waals surface area contributed by atoms with Gasteiger partial charge in [-0.05, 0) is 37.6 Å². The molecule has 120 valence electrons. The van der Waals surface area contributed by atoms with Crippen LogP contribution < -0.4 is 4.31 Å². The van der Waals surface area contributed by atoms with E-state index in [1.807, 2.05) is 6.92 Å². The topological polar surface area (TPSA) is 54.5 Å². The van der Waals surface area contributed by atoms with Gasteiger partial charge in [0.15, 0.2) is 5.78 Å². The number of anilines is 1. The Morgan fingerprint density at radius 3 is 2.43 bits per heavy atom. The number of halogens is 1. The van der Waals surface area contributed by atoms with Gasteiger partial charge >= 0.3 is 0 Å². The Kier molecular flexibility index (Phi) is 4.29. The minimum Gasteiger partial charge on any atom is -0.293 e. The predicted molar refractivity (Wildman–Crippen MR) is 93.8 cm³/mol. The third kappa shape index (κ3) is 2.93. The number of Topliss-reactive ketones (excluding diaryl/α,β-unsaturated/α-hetero) is 1.